The fraction of sp³-hybridized carbons (Fsp3) is 0.348. The van der Waals surface area contributed by atoms with Crippen molar-refractivity contribution in [1.82, 2.24) is 15.0 Å². The number of likely N-dealkylation sites (tertiary alicyclic amines) is 1. The summed E-state index contributed by atoms with van der Waals surface area (Å²) in [6.07, 6.45) is 3.66. The number of benzene rings is 2. The van der Waals surface area contributed by atoms with Crippen LogP contribution in [0.5, 0.6) is 5.75 Å². The lowest BCUT2D eigenvalue weighted by Gasteiger charge is -2.33. The van der Waals surface area contributed by atoms with Gasteiger partial charge >= 0.3 is 0 Å². The Balaban J connectivity index is 1.39. The second kappa shape index (κ2) is 9.51. The molecule has 0 saturated carbocycles. The van der Waals surface area contributed by atoms with Gasteiger partial charge < -0.3 is 9.26 Å². The minimum Gasteiger partial charge on any atom is -0.493 e. The molecule has 0 N–H and O–H groups in total. The molecule has 0 aliphatic carbocycles. The van der Waals surface area contributed by atoms with Gasteiger partial charge in [-0.2, -0.15) is 10.2 Å². The molecular weight excluding hydrogens is 383 g/mol. The highest BCUT2D eigenvalue weighted by atomic mass is 19.1. The fourth-order valence-corrected chi connectivity index (χ4v) is 3.74. The molecule has 1 unspecified atom stereocenters. The van der Waals surface area contributed by atoms with Crippen LogP contribution in [-0.4, -0.2) is 28.2 Å². The summed E-state index contributed by atoms with van der Waals surface area (Å²) >= 11 is 0. The summed E-state index contributed by atoms with van der Waals surface area (Å²) in [4.78, 5) is 6.90. The first-order valence-electron chi connectivity index (χ1n) is 10.2. The van der Waals surface area contributed by atoms with E-state index in [1.165, 1.54) is 12.1 Å². The third kappa shape index (κ3) is 4.84. The van der Waals surface area contributed by atoms with E-state index in [2.05, 4.69) is 21.1 Å². The molecule has 1 atom stereocenters. The summed E-state index contributed by atoms with van der Waals surface area (Å²) in [6.45, 7) is 1.99. The van der Waals surface area contributed by atoms with Crippen LogP contribution in [0, 0.1) is 17.1 Å². The van der Waals surface area contributed by atoms with Crippen molar-refractivity contribution in [1.29, 1.82) is 5.26 Å². The van der Waals surface area contributed by atoms with E-state index in [-0.39, 0.29) is 11.9 Å². The molecule has 2 heterocycles. The molecule has 30 heavy (non-hydrogen) atoms. The van der Waals surface area contributed by atoms with Crippen molar-refractivity contribution in [2.24, 2.45) is 0 Å². The predicted octanol–water partition coefficient (Wildman–Crippen LogP) is 4.43. The predicted molar refractivity (Wildman–Crippen MR) is 108 cm³/mol. The summed E-state index contributed by atoms with van der Waals surface area (Å²) < 4.78 is 24.1. The first-order valence-corrected chi connectivity index (χ1v) is 10.2. The molecule has 4 rings (SSSR count). The number of nitriles is 1. The Morgan fingerprint density at radius 2 is 2.00 bits per heavy atom. The second-order valence-corrected chi connectivity index (χ2v) is 7.35. The van der Waals surface area contributed by atoms with Crippen molar-refractivity contribution < 1.29 is 13.7 Å². The number of hydrogen-bond acceptors (Lipinski definition) is 6. The monoisotopic (exact) mass is 406 g/mol. The topological polar surface area (TPSA) is 75.2 Å². The van der Waals surface area contributed by atoms with Gasteiger partial charge in [0.25, 0.3) is 0 Å². The van der Waals surface area contributed by atoms with Crippen molar-refractivity contribution >= 4 is 0 Å². The Kier molecular flexibility index (Phi) is 6.35. The molecule has 0 radical (unpaired) electrons. The zero-order valence-electron chi connectivity index (χ0n) is 16.6. The standard InChI is InChI=1S/C23H23FN4O2/c24-19-8-10-20(11-9-19)29-14-12-22-26-23(30-27-22)21-7-3-4-13-28(21)16-18-6-2-1-5-17(18)15-25/h1-2,5-6,8-11,21H,3-4,7,12-14,16H2. The second-order valence-electron chi connectivity index (χ2n) is 7.35. The molecule has 0 spiro atoms. The third-order valence-corrected chi connectivity index (χ3v) is 5.30. The molecule has 1 aliphatic rings. The average Bonchev–Trinajstić information content (AvgIpc) is 3.25. The van der Waals surface area contributed by atoms with Crippen molar-refractivity contribution in [2.45, 2.75) is 38.3 Å². The van der Waals surface area contributed by atoms with E-state index >= 15 is 0 Å². The van der Waals surface area contributed by atoms with Gasteiger partial charge in [-0.15, -0.1) is 0 Å². The molecule has 7 heteroatoms. The quantitative estimate of drug-likeness (QED) is 0.578. The maximum absolute atomic E-state index is 13.0. The van der Waals surface area contributed by atoms with Gasteiger partial charge in [0.15, 0.2) is 5.82 Å². The lowest BCUT2D eigenvalue weighted by molar-refractivity contribution is 0.111. The van der Waals surface area contributed by atoms with Crippen LogP contribution in [0.3, 0.4) is 0 Å². The number of piperidine rings is 1. The van der Waals surface area contributed by atoms with Crippen LogP contribution in [0.2, 0.25) is 0 Å². The molecule has 1 saturated heterocycles. The van der Waals surface area contributed by atoms with E-state index < -0.39 is 0 Å². The normalized spacial score (nSPS) is 16.9. The number of rotatable bonds is 7. The van der Waals surface area contributed by atoms with E-state index in [0.717, 1.165) is 31.4 Å². The minimum absolute atomic E-state index is 0.0461. The highest BCUT2D eigenvalue weighted by Gasteiger charge is 2.29. The molecule has 1 aliphatic heterocycles. The third-order valence-electron chi connectivity index (χ3n) is 5.30. The first kappa shape index (κ1) is 20.0. The summed E-state index contributed by atoms with van der Waals surface area (Å²) in [5, 5.41) is 13.5. The minimum atomic E-state index is -0.292. The van der Waals surface area contributed by atoms with Gasteiger partial charge in [-0.3, -0.25) is 4.90 Å². The zero-order chi connectivity index (χ0) is 20.8. The fourth-order valence-electron chi connectivity index (χ4n) is 3.74. The smallest absolute Gasteiger partial charge is 0.244 e. The van der Waals surface area contributed by atoms with Crippen LogP contribution in [0.4, 0.5) is 4.39 Å². The highest BCUT2D eigenvalue weighted by molar-refractivity contribution is 5.37. The molecule has 154 valence electrons. The summed E-state index contributed by atoms with van der Waals surface area (Å²) in [6, 6.07) is 15.9. The lowest BCUT2D eigenvalue weighted by Crippen LogP contribution is -2.33. The molecular formula is C23H23FN4O2. The van der Waals surface area contributed by atoms with E-state index in [0.29, 0.717) is 42.6 Å². The molecule has 0 bridgehead atoms. The lowest BCUT2D eigenvalue weighted by atomic mass is 10.00. The number of ether oxygens (including phenoxy) is 1. The molecule has 6 nitrogen and oxygen atoms in total. The van der Waals surface area contributed by atoms with E-state index in [4.69, 9.17) is 9.26 Å². The van der Waals surface area contributed by atoms with Crippen molar-refractivity contribution in [3.05, 3.63) is 77.2 Å². The van der Waals surface area contributed by atoms with Crippen molar-refractivity contribution in [3.8, 4) is 11.8 Å². The number of hydrogen-bond donors (Lipinski definition) is 0. The van der Waals surface area contributed by atoms with Crippen LogP contribution in [0.25, 0.3) is 0 Å². The maximum Gasteiger partial charge on any atom is 0.244 e. The first-order chi connectivity index (χ1) is 14.7. The summed E-state index contributed by atoms with van der Waals surface area (Å²) in [7, 11) is 0. The Hall–Kier alpha value is -3.24. The van der Waals surface area contributed by atoms with Gasteiger partial charge in [0.2, 0.25) is 5.89 Å². The van der Waals surface area contributed by atoms with Crippen LogP contribution in [0.1, 0.15) is 48.1 Å². The van der Waals surface area contributed by atoms with Gasteiger partial charge in [0.1, 0.15) is 11.6 Å². The van der Waals surface area contributed by atoms with Crippen LogP contribution in [0.15, 0.2) is 53.1 Å². The van der Waals surface area contributed by atoms with Crippen LogP contribution in [-0.2, 0) is 13.0 Å². The Labute approximate surface area is 174 Å². The number of aromatic nitrogens is 2. The highest BCUT2D eigenvalue weighted by Crippen LogP contribution is 2.31. The SMILES string of the molecule is N#Cc1ccccc1CN1CCCCC1c1nc(CCOc2ccc(F)cc2)no1. The van der Waals surface area contributed by atoms with Gasteiger partial charge in [-0.1, -0.05) is 29.8 Å². The molecule has 1 aromatic heterocycles. The summed E-state index contributed by atoms with van der Waals surface area (Å²) in [5.41, 5.74) is 1.71. The van der Waals surface area contributed by atoms with E-state index in [1.807, 2.05) is 24.3 Å². The Morgan fingerprint density at radius 1 is 1.17 bits per heavy atom. The van der Waals surface area contributed by atoms with Crippen LogP contribution < -0.4 is 4.74 Å². The molecule has 2 aromatic carbocycles. The number of halogens is 1. The van der Waals surface area contributed by atoms with Gasteiger partial charge in [-0.25, -0.2) is 4.39 Å². The molecule has 1 fully saturated rings. The largest absolute Gasteiger partial charge is 0.493 e. The number of nitrogens with zero attached hydrogens (tertiary/aromatic N) is 4. The molecule has 0 amide bonds. The van der Waals surface area contributed by atoms with Crippen LogP contribution >= 0.6 is 0 Å². The average molecular weight is 406 g/mol. The van der Waals surface area contributed by atoms with E-state index in [1.54, 1.807) is 12.1 Å². The van der Waals surface area contributed by atoms with Crippen molar-refractivity contribution in [3.63, 3.8) is 0 Å². The Bertz CT molecular complexity index is 1010. The van der Waals surface area contributed by atoms with Crippen molar-refractivity contribution in [2.75, 3.05) is 13.2 Å². The summed E-state index contributed by atoms with van der Waals surface area (Å²) in [5.74, 6) is 1.52. The van der Waals surface area contributed by atoms with E-state index in [9.17, 15) is 9.65 Å². The van der Waals surface area contributed by atoms with Gasteiger partial charge in [-0.05, 0) is 55.3 Å². The zero-order valence-corrected chi connectivity index (χ0v) is 16.6. The Morgan fingerprint density at radius 3 is 2.83 bits per heavy atom. The maximum atomic E-state index is 13.0. The van der Waals surface area contributed by atoms with Gasteiger partial charge in [0, 0.05) is 13.0 Å². The molecule has 3 aromatic rings. The van der Waals surface area contributed by atoms with Gasteiger partial charge in [0.05, 0.1) is 24.3 Å².